The first-order valence-electron chi connectivity index (χ1n) is 7.27. The summed E-state index contributed by atoms with van der Waals surface area (Å²) in [7, 11) is 0. The molecule has 1 aromatic heterocycles. The average Bonchev–Trinajstić information content (AvgIpc) is 2.94. The monoisotopic (exact) mass is 323 g/mol. The third kappa shape index (κ3) is 4.72. The van der Waals surface area contributed by atoms with Gasteiger partial charge in [-0.05, 0) is 24.1 Å². The second-order valence-corrected chi connectivity index (χ2v) is 6.57. The lowest BCUT2D eigenvalue weighted by atomic mass is 9.85. The third-order valence-corrected chi connectivity index (χ3v) is 4.21. The highest BCUT2D eigenvalue weighted by Crippen LogP contribution is 2.24. The van der Waals surface area contributed by atoms with Gasteiger partial charge in [-0.2, -0.15) is 4.37 Å². The molecule has 0 saturated heterocycles. The predicted octanol–water partition coefficient (Wildman–Crippen LogP) is 2.46. The van der Waals surface area contributed by atoms with Crippen LogP contribution in [0.25, 0.3) is 0 Å². The summed E-state index contributed by atoms with van der Waals surface area (Å²) in [5.41, 5.74) is 3.58. The number of nitrogens with two attached hydrogens (primary N) is 1. The summed E-state index contributed by atoms with van der Waals surface area (Å²) in [5, 5.41) is 4.13. The Morgan fingerprint density at radius 2 is 2.00 bits per heavy atom. The first kappa shape index (κ1) is 16.8. The van der Waals surface area contributed by atoms with Gasteiger partial charge in [0, 0.05) is 36.5 Å². The van der Waals surface area contributed by atoms with Crippen molar-refractivity contribution in [1.82, 2.24) is 14.8 Å². The van der Waals surface area contributed by atoms with Crippen molar-refractivity contribution >= 4 is 16.7 Å². The minimum atomic E-state index is -0.215. The van der Waals surface area contributed by atoms with Gasteiger partial charge in [-0.15, -0.1) is 0 Å². The number of halogens is 1. The molecule has 0 saturated carbocycles. The third-order valence-electron chi connectivity index (χ3n) is 3.50. The van der Waals surface area contributed by atoms with Crippen LogP contribution in [-0.4, -0.2) is 22.4 Å². The number of nitrogens with one attached hydrogen (secondary N) is 2. The largest absolute Gasteiger partial charge is 0.359 e. The molecule has 2 rings (SSSR count). The molecule has 0 bridgehead atoms. The topological polar surface area (TPSA) is 75.9 Å². The molecule has 0 amide bonds. The number of aryl methyl sites for hydroxylation is 1. The molecule has 0 unspecified atom stereocenters. The smallest absolute Gasteiger partial charge is 0.202 e. The molecule has 5 nitrogen and oxygen atoms in total. The zero-order valence-electron chi connectivity index (χ0n) is 12.9. The first-order chi connectivity index (χ1) is 10.5. The van der Waals surface area contributed by atoms with Crippen LogP contribution in [0.15, 0.2) is 24.3 Å². The summed E-state index contributed by atoms with van der Waals surface area (Å²) >= 11 is 1.36. The van der Waals surface area contributed by atoms with Crippen LogP contribution in [0.3, 0.4) is 0 Å². The van der Waals surface area contributed by atoms with Crippen molar-refractivity contribution in [2.45, 2.75) is 32.1 Å². The van der Waals surface area contributed by atoms with Crippen molar-refractivity contribution in [3.8, 4) is 0 Å². The molecule has 0 radical (unpaired) electrons. The summed E-state index contributed by atoms with van der Waals surface area (Å²) < 4.78 is 17.3. The Bertz CT molecular complexity index is 582. The van der Waals surface area contributed by atoms with Crippen LogP contribution in [0.4, 0.5) is 9.52 Å². The van der Waals surface area contributed by atoms with Gasteiger partial charge >= 0.3 is 0 Å². The summed E-state index contributed by atoms with van der Waals surface area (Å²) in [5.74, 6) is 5.85. The van der Waals surface area contributed by atoms with Gasteiger partial charge in [-0.1, -0.05) is 26.0 Å². The van der Waals surface area contributed by atoms with Crippen molar-refractivity contribution in [1.29, 1.82) is 0 Å². The van der Waals surface area contributed by atoms with Crippen LogP contribution in [0, 0.1) is 5.82 Å². The van der Waals surface area contributed by atoms with E-state index in [1.807, 2.05) is 12.1 Å². The fourth-order valence-electron chi connectivity index (χ4n) is 2.08. The highest BCUT2D eigenvalue weighted by molar-refractivity contribution is 7.09. The van der Waals surface area contributed by atoms with Crippen LogP contribution in [0.5, 0.6) is 0 Å². The lowest BCUT2D eigenvalue weighted by molar-refractivity contribution is 0.553. The van der Waals surface area contributed by atoms with Gasteiger partial charge in [0.15, 0.2) is 0 Å². The van der Waals surface area contributed by atoms with E-state index < -0.39 is 0 Å². The molecule has 7 heteroatoms. The number of hydrogen-bond acceptors (Lipinski definition) is 6. The quantitative estimate of drug-likeness (QED) is 0.395. The molecule has 0 spiro atoms. The zero-order valence-corrected chi connectivity index (χ0v) is 13.7. The molecule has 0 aliphatic heterocycles. The predicted molar refractivity (Wildman–Crippen MR) is 88.3 cm³/mol. The molecule has 22 heavy (non-hydrogen) atoms. The lowest BCUT2D eigenvalue weighted by Crippen LogP contribution is -2.27. The zero-order chi connectivity index (χ0) is 16.0. The Kier molecular flexibility index (Phi) is 5.82. The highest BCUT2D eigenvalue weighted by Gasteiger charge is 2.21. The van der Waals surface area contributed by atoms with Gasteiger partial charge < -0.3 is 5.32 Å². The molecule has 0 aliphatic carbocycles. The maximum absolute atomic E-state index is 13.0. The number of aromatic nitrogens is 2. The van der Waals surface area contributed by atoms with Crippen molar-refractivity contribution in [3.05, 3.63) is 41.5 Å². The van der Waals surface area contributed by atoms with Crippen molar-refractivity contribution in [3.63, 3.8) is 0 Å². The van der Waals surface area contributed by atoms with Crippen LogP contribution < -0.4 is 16.6 Å². The Hall–Kier alpha value is -1.57. The van der Waals surface area contributed by atoms with E-state index in [9.17, 15) is 4.39 Å². The van der Waals surface area contributed by atoms with E-state index in [0.29, 0.717) is 6.54 Å². The van der Waals surface area contributed by atoms with Gasteiger partial charge in [0.2, 0.25) is 5.13 Å². The molecule has 4 N–H and O–H groups in total. The number of hydrazine groups is 1. The van der Waals surface area contributed by atoms with Crippen LogP contribution in [-0.2, 0) is 11.8 Å². The minimum Gasteiger partial charge on any atom is -0.359 e. The van der Waals surface area contributed by atoms with Gasteiger partial charge in [-0.25, -0.2) is 9.37 Å². The van der Waals surface area contributed by atoms with E-state index in [0.717, 1.165) is 35.9 Å². The van der Waals surface area contributed by atoms with E-state index in [4.69, 9.17) is 5.84 Å². The van der Waals surface area contributed by atoms with Gasteiger partial charge in [0.05, 0.1) is 0 Å². The first-order valence-corrected chi connectivity index (χ1v) is 8.04. The molecule has 0 fully saturated rings. The summed E-state index contributed by atoms with van der Waals surface area (Å²) in [6, 6.07) is 6.63. The molecule has 120 valence electrons. The normalized spacial score (nSPS) is 11.6. The molecular formula is C15H22FN5S. The minimum absolute atomic E-state index is 0.122. The maximum Gasteiger partial charge on any atom is 0.202 e. The Morgan fingerprint density at radius 1 is 1.27 bits per heavy atom. The number of hydrogen-bond donors (Lipinski definition) is 3. The van der Waals surface area contributed by atoms with Crippen LogP contribution in [0.2, 0.25) is 0 Å². The standard InChI is InChI=1S/C15H22FN5S/c1-15(2,11-5-7-12(16)8-6-11)10-18-14-20-13(21-22-14)4-3-9-19-17/h5-8,19H,3-4,9-10,17H2,1-2H3,(H,18,20,21). The van der Waals surface area contributed by atoms with Gasteiger partial charge in [-0.3, -0.25) is 11.3 Å². The maximum atomic E-state index is 13.0. The molecule has 2 aromatic rings. The van der Waals surface area contributed by atoms with E-state index in [1.54, 1.807) is 0 Å². The van der Waals surface area contributed by atoms with Gasteiger partial charge in [0.25, 0.3) is 0 Å². The van der Waals surface area contributed by atoms with Crippen molar-refractivity contribution in [2.75, 3.05) is 18.4 Å². The Balaban J connectivity index is 1.90. The fraction of sp³-hybridized carbons (Fsp3) is 0.467. The lowest BCUT2D eigenvalue weighted by Gasteiger charge is -2.25. The number of anilines is 1. The summed E-state index contributed by atoms with van der Waals surface area (Å²) in [4.78, 5) is 4.46. The Morgan fingerprint density at radius 3 is 2.68 bits per heavy atom. The highest BCUT2D eigenvalue weighted by atomic mass is 32.1. The van der Waals surface area contributed by atoms with Crippen molar-refractivity contribution in [2.24, 2.45) is 5.84 Å². The number of nitrogens with zero attached hydrogens (tertiary/aromatic N) is 2. The van der Waals surface area contributed by atoms with E-state index in [2.05, 4.69) is 33.9 Å². The fourth-order valence-corrected chi connectivity index (χ4v) is 2.68. The molecular weight excluding hydrogens is 301 g/mol. The van der Waals surface area contributed by atoms with E-state index in [-0.39, 0.29) is 11.2 Å². The number of benzene rings is 1. The SMILES string of the molecule is CC(C)(CNc1nc(CCCNN)ns1)c1ccc(F)cc1. The Labute approximate surface area is 134 Å². The summed E-state index contributed by atoms with van der Waals surface area (Å²) in [6.45, 7) is 5.68. The summed E-state index contributed by atoms with van der Waals surface area (Å²) in [6.07, 6.45) is 1.72. The number of rotatable bonds is 8. The van der Waals surface area contributed by atoms with Crippen LogP contribution >= 0.6 is 11.5 Å². The second-order valence-electron chi connectivity index (χ2n) is 5.82. The molecule has 0 aliphatic rings. The second kappa shape index (κ2) is 7.62. The van der Waals surface area contributed by atoms with E-state index in [1.165, 1.54) is 23.7 Å². The van der Waals surface area contributed by atoms with Crippen LogP contribution in [0.1, 0.15) is 31.7 Å². The van der Waals surface area contributed by atoms with E-state index >= 15 is 0 Å². The molecule has 0 atom stereocenters. The average molecular weight is 323 g/mol. The molecule has 1 aromatic carbocycles. The van der Waals surface area contributed by atoms with Crippen molar-refractivity contribution < 1.29 is 4.39 Å². The molecule has 1 heterocycles. The van der Waals surface area contributed by atoms with Gasteiger partial charge in [0.1, 0.15) is 11.6 Å².